The second-order valence-corrected chi connectivity index (χ2v) is 6.83. The van der Waals surface area contributed by atoms with E-state index in [2.05, 4.69) is 46.4 Å². The number of rotatable bonds is 3. The minimum atomic E-state index is 0.496. The van der Waals surface area contributed by atoms with E-state index >= 15 is 0 Å². The number of aryl methyl sites for hydroxylation is 2. The molecule has 0 N–H and O–H groups in total. The summed E-state index contributed by atoms with van der Waals surface area (Å²) in [5, 5.41) is 0. The number of piperidine rings is 1. The molecule has 1 saturated heterocycles. The van der Waals surface area contributed by atoms with Crippen molar-refractivity contribution in [2.24, 2.45) is 11.8 Å². The first-order chi connectivity index (χ1) is 9.40. The Hall–Kier alpha value is -1.12. The Labute approximate surface area is 123 Å². The maximum Gasteiger partial charge on any atom is 0.225 e. The molecule has 2 heterocycles. The smallest absolute Gasteiger partial charge is 0.225 e. The van der Waals surface area contributed by atoms with Gasteiger partial charge in [-0.3, -0.25) is 0 Å². The van der Waals surface area contributed by atoms with Crippen LogP contribution in [0.4, 0.5) is 5.95 Å². The van der Waals surface area contributed by atoms with Gasteiger partial charge < -0.3 is 4.90 Å². The summed E-state index contributed by atoms with van der Waals surface area (Å²) in [7, 11) is 0. The first-order valence-corrected chi connectivity index (χ1v) is 8.00. The Morgan fingerprint density at radius 2 is 1.45 bits per heavy atom. The van der Waals surface area contributed by atoms with E-state index in [0.717, 1.165) is 42.3 Å². The molecule has 20 heavy (non-hydrogen) atoms. The van der Waals surface area contributed by atoms with E-state index in [9.17, 15) is 0 Å². The molecule has 1 aliphatic heterocycles. The topological polar surface area (TPSA) is 29.0 Å². The Kier molecular flexibility index (Phi) is 4.66. The van der Waals surface area contributed by atoms with Crippen LogP contribution >= 0.6 is 0 Å². The molecule has 0 saturated carbocycles. The van der Waals surface area contributed by atoms with Crippen molar-refractivity contribution in [3.05, 3.63) is 17.0 Å². The zero-order chi connectivity index (χ0) is 14.9. The molecular weight excluding hydrogens is 246 g/mol. The molecule has 0 unspecified atom stereocenters. The van der Waals surface area contributed by atoms with Crippen molar-refractivity contribution in [2.75, 3.05) is 18.0 Å². The normalized spacial score (nSPS) is 17.3. The Morgan fingerprint density at radius 1 is 0.950 bits per heavy atom. The van der Waals surface area contributed by atoms with Crippen LogP contribution in [0.3, 0.4) is 0 Å². The molecule has 3 heteroatoms. The summed E-state index contributed by atoms with van der Waals surface area (Å²) >= 11 is 0. The van der Waals surface area contributed by atoms with Crippen LogP contribution in [-0.2, 0) is 0 Å². The van der Waals surface area contributed by atoms with E-state index < -0.39 is 0 Å². The molecule has 0 spiro atoms. The number of hydrogen-bond acceptors (Lipinski definition) is 3. The van der Waals surface area contributed by atoms with Gasteiger partial charge >= 0.3 is 0 Å². The largest absolute Gasteiger partial charge is 0.341 e. The second-order valence-electron chi connectivity index (χ2n) is 6.83. The fourth-order valence-corrected chi connectivity index (χ4v) is 3.45. The Balaban J connectivity index is 2.15. The van der Waals surface area contributed by atoms with E-state index in [1.807, 2.05) is 0 Å². The molecule has 112 valence electrons. The van der Waals surface area contributed by atoms with Gasteiger partial charge in [-0.1, -0.05) is 27.7 Å². The van der Waals surface area contributed by atoms with Gasteiger partial charge in [0.25, 0.3) is 0 Å². The molecule has 0 aliphatic carbocycles. The lowest BCUT2D eigenvalue weighted by atomic mass is 9.87. The molecule has 1 aromatic heterocycles. The lowest BCUT2D eigenvalue weighted by Crippen LogP contribution is -2.36. The quantitative estimate of drug-likeness (QED) is 0.832. The van der Waals surface area contributed by atoms with Crippen LogP contribution in [0.25, 0.3) is 0 Å². The molecule has 0 atom stereocenters. The summed E-state index contributed by atoms with van der Waals surface area (Å²) in [5.41, 5.74) is 3.60. The van der Waals surface area contributed by atoms with E-state index in [1.54, 1.807) is 0 Å². The third-order valence-electron chi connectivity index (χ3n) is 4.66. The fourth-order valence-electron chi connectivity index (χ4n) is 3.45. The van der Waals surface area contributed by atoms with Gasteiger partial charge in [0.2, 0.25) is 5.95 Å². The maximum atomic E-state index is 4.76. The summed E-state index contributed by atoms with van der Waals surface area (Å²) < 4.78 is 0. The predicted octanol–water partition coefficient (Wildman–Crippen LogP) is 4.09. The summed E-state index contributed by atoms with van der Waals surface area (Å²) in [6.45, 7) is 15.5. The molecule has 0 bridgehead atoms. The van der Waals surface area contributed by atoms with Crippen molar-refractivity contribution in [3.63, 3.8) is 0 Å². The minimum absolute atomic E-state index is 0.496. The van der Waals surface area contributed by atoms with Crippen molar-refractivity contribution in [3.8, 4) is 0 Å². The summed E-state index contributed by atoms with van der Waals surface area (Å²) in [5.74, 6) is 3.09. The molecule has 1 aromatic rings. The average Bonchev–Trinajstić information content (AvgIpc) is 2.37. The van der Waals surface area contributed by atoms with Crippen molar-refractivity contribution in [1.29, 1.82) is 0 Å². The number of aromatic nitrogens is 2. The van der Waals surface area contributed by atoms with Gasteiger partial charge in [0.15, 0.2) is 0 Å². The highest BCUT2D eigenvalue weighted by molar-refractivity contribution is 5.38. The van der Waals surface area contributed by atoms with Gasteiger partial charge in [0.05, 0.1) is 0 Å². The Morgan fingerprint density at radius 3 is 1.85 bits per heavy atom. The fraction of sp³-hybridized carbons (Fsp3) is 0.765. The van der Waals surface area contributed by atoms with E-state index in [-0.39, 0.29) is 0 Å². The SMILES string of the molecule is Cc1nc(N2CCC(C(C)C)CC2)nc(C)c1C(C)C. The molecule has 1 fully saturated rings. The zero-order valence-electron chi connectivity index (χ0n) is 13.9. The third kappa shape index (κ3) is 3.13. The molecular formula is C17H29N3. The third-order valence-corrected chi connectivity index (χ3v) is 4.66. The lowest BCUT2D eigenvalue weighted by molar-refractivity contribution is 0.310. The summed E-state index contributed by atoms with van der Waals surface area (Å²) in [6, 6.07) is 0. The van der Waals surface area contributed by atoms with E-state index in [4.69, 9.17) is 9.97 Å². The van der Waals surface area contributed by atoms with Gasteiger partial charge in [0.1, 0.15) is 0 Å². The van der Waals surface area contributed by atoms with Gasteiger partial charge in [-0.2, -0.15) is 0 Å². The number of hydrogen-bond donors (Lipinski definition) is 0. The lowest BCUT2D eigenvalue weighted by Gasteiger charge is -2.34. The maximum absolute atomic E-state index is 4.76. The van der Waals surface area contributed by atoms with Crippen LogP contribution in [0, 0.1) is 25.7 Å². The summed E-state index contributed by atoms with van der Waals surface area (Å²) in [6.07, 6.45) is 2.54. The minimum Gasteiger partial charge on any atom is -0.341 e. The molecule has 1 aliphatic rings. The van der Waals surface area contributed by atoms with Crippen molar-refractivity contribution in [1.82, 2.24) is 9.97 Å². The highest BCUT2D eigenvalue weighted by Crippen LogP contribution is 2.28. The van der Waals surface area contributed by atoms with E-state index in [1.165, 1.54) is 18.4 Å². The predicted molar refractivity (Wildman–Crippen MR) is 85.4 cm³/mol. The number of nitrogens with zero attached hydrogens (tertiary/aromatic N) is 3. The zero-order valence-corrected chi connectivity index (χ0v) is 13.9. The van der Waals surface area contributed by atoms with Crippen molar-refractivity contribution >= 4 is 5.95 Å². The molecule has 0 amide bonds. The van der Waals surface area contributed by atoms with Crippen LogP contribution in [0.2, 0.25) is 0 Å². The van der Waals surface area contributed by atoms with Gasteiger partial charge in [-0.05, 0) is 50.0 Å². The first-order valence-electron chi connectivity index (χ1n) is 8.00. The highest BCUT2D eigenvalue weighted by Gasteiger charge is 2.24. The van der Waals surface area contributed by atoms with Crippen LogP contribution in [0.15, 0.2) is 0 Å². The van der Waals surface area contributed by atoms with Gasteiger partial charge in [-0.15, -0.1) is 0 Å². The monoisotopic (exact) mass is 275 g/mol. The van der Waals surface area contributed by atoms with Crippen LogP contribution < -0.4 is 4.90 Å². The Bertz CT molecular complexity index is 434. The molecule has 2 rings (SSSR count). The van der Waals surface area contributed by atoms with Crippen LogP contribution in [0.1, 0.15) is 63.4 Å². The van der Waals surface area contributed by atoms with E-state index in [0.29, 0.717) is 5.92 Å². The first kappa shape index (κ1) is 15.3. The molecule has 0 radical (unpaired) electrons. The molecule has 0 aromatic carbocycles. The molecule has 3 nitrogen and oxygen atoms in total. The average molecular weight is 275 g/mol. The summed E-state index contributed by atoms with van der Waals surface area (Å²) in [4.78, 5) is 11.9. The van der Waals surface area contributed by atoms with Crippen molar-refractivity contribution in [2.45, 2.75) is 60.3 Å². The van der Waals surface area contributed by atoms with Gasteiger partial charge in [-0.25, -0.2) is 9.97 Å². The van der Waals surface area contributed by atoms with Crippen LogP contribution in [0.5, 0.6) is 0 Å². The number of anilines is 1. The standard InChI is InChI=1S/C17H29N3/c1-11(2)15-7-9-20(10-8-15)17-18-13(5)16(12(3)4)14(6)19-17/h11-12,15H,7-10H2,1-6H3. The van der Waals surface area contributed by atoms with Gasteiger partial charge in [0, 0.05) is 24.5 Å². The van der Waals surface area contributed by atoms with Crippen molar-refractivity contribution < 1.29 is 0 Å². The highest BCUT2D eigenvalue weighted by atomic mass is 15.3. The second kappa shape index (κ2) is 6.11. The van der Waals surface area contributed by atoms with Crippen LogP contribution in [-0.4, -0.2) is 23.1 Å².